The molecule has 0 bridgehead atoms. The molecule has 0 unspecified atom stereocenters. The van der Waals surface area contributed by atoms with Gasteiger partial charge in [0.25, 0.3) is 0 Å². The normalized spacial score (nSPS) is 11.9. The Morgan fingerprint density at radius 2 is 1.40 bits per heavy atom. The molecule has 63 heavy (non-hydrogen) atoms. The summed E-state index contributed by atoms with van der Waals surface area (Å²) < 4.78 is 9.06. The molecule has 7 aromatic carbocycles. The van der Waals surface area contributed by atoms with Gasteiger partial charge in [0.05, 0.1) is 5.69 Å². The Balaban J connectivity index is 0.00000504. The summed E-state index contributed by atoms with van der Waals surface area (Å²) in [5, 5.41) is 6.24. The Labute approximate surface area is 386 Å². The van der Waals surface area contributed by atoms with E-state index in [4.69, 9.17) is 16.8 Å². The number of benzene rings is 7. The third kappa shape index (κ3) is 7.87. The van der Waals surface area contributed by atoms with Gasteiger partial charge in [-0.15, -0.1) is 35.7 Å². The van der Waals surface area contributed by atoms with Crippen LogP contribution in [-0.4, -0.2) is 16.3 Å². The summed E-state index contributed by atoms with van der Waals surface area (Å²) >= 11 is 0. The number of pyridine rings is 1. The second kappa shape index (κ2) is 17.4. The first-order valence-corrected chi connectivity index (χ1v) is 21.7. The molecule has 0 atom stereocenters. The van der Waals surface area contributed by atoms with E-state index in [1.807, 2.05) is 47.5 Å². The van der Waals surface area contributed by atoms with Crippen LogP contribution in [-0.2, 0) is 26.5 Å². The fourth-order valence-electron chi connectivity index (χ4n) is 9.20. The number of anilines is 4. The molecule has 0 saturated heterocycles. The van der Waals surface area contributed by atoms with Crippen molar-refractivity contribution in [3.63, 3.8) is 0 Å². The molecular formula is C56H48BN4OPt-3. The van der Waals surface area contributed by atoms with Gasteiger partial charge in [-0.3, -0.25) is 7.05 Å². The summed E-state index contributed by atoms with van der Waals surface area (Å²) in [5.74, 6) is 2.14. The van der Waals surface area contributed by atoms with Crippen LogP contribution >= 0.6 is 0 Å². The van der Waals surface area contributed by atoms with Crippen molar-refractivity contribution in [1.82, 2.24) is 9.55 Å². The fourth-order valence-corrected chi connectivity index (χ4v) is 9.20. The molecule has 0 radical (unpaired) electrons. The van der Waals surface area contributed by atoms with Crippen LogP contribution in [0.2, 0.25) is 6.32 Å². The van der Waals surface area contributed by atoms with Crippen LogP contribution in [0.4, 0.5) is 22.7 Å². The number of nitrogens with one attached hydrogen (secondary N) is 1. The molecule has 10 rings (SSSR count). The molecule has 0 aliphatic carbocycles. The number of unbranched alkanes of at least 4 members (excludes halogenated alkanes) is 1. The minimum Gasteiger partial charge on any atom is -0.509 e. The predicted octanol–water partition coefficient (Wildman–Crippen LogP) is 13.6. The standard InChI is InChI=1S/C56H48BN4O.Pt/c1-6-7-32-57-46-27-18-30-50-53(46)54-47(57)36-43(37-51(54)61(50)52-34-40(31-33-58-52)56(2,3)4)62-42-24-16-23-41(35-42)59-48-28-14-15-29-49(48)60(5)55-44(38-19-10-8-11-20-38)25-17-26-45(55)39-21-12-9-13-22-39;/h8-31,33-34,36,59H,5-7,32H2,1-4H3;/q-3;. The smallest absolute Gasteiger partial charge is 0.184 e. The van der Waals surface area contributed by atoms with E-state index >= 15 is 0 Å². The summed E-state index contributed by atoms with van der Waals surface area (Å²) in [5.41, 5.74) is 14.1. The van der Waals surface area contributed by atoms with Crippen LogP contribution in [0, 0.1) is 19.2 Å². The van der Waals surface area contributed by atoms with Crippen LogP contribution in [0.25, 0.3) is 49.9 Å². The van der Waals surface area contributed by atoms with Crippen molar-refractivity contribution in [2.45, 2.75) is 52.3 Å². The van der Waals surface area contributed by atoms with Gasteiger partial charge in [0.2, 0.25) is 0 Å². The summed E-state index contributed by atoms with van der Waals surface area (Å²) in [4.78, 5) is 6.98. The Morgan fingerprint density at radius 1 is 0.714 bits per heavy atom. The minimum atomic E-state index is -0.0217. The van der Waals surface area contributed by atoms with Gasteiger partial charge < -0.3 is 19.5 Å². The van der Waals surface area contributed by atoms with E-state index in [1.165, 1.54) is 27.3 Å². The molecule has 314 valence electrons. The van der Waals surface area contributed by atoms with Gasteiger partial charge in [0.1, 0.15) is 5.82 Å². The average Bonchev–Trinajstić information content (AvgIpc) is 3.81. The van der Waals surface area contributed by atoms with Gasteiger partial charge in [-0.2, -0.15) is 11.5 Å². The third-order valence-corrected chi connectivity index (χ3v) is 12.2. The molecule has 0 amide bonds. The summed E-state index contributed by atoms with van der Waals surface area (Å²) in [6, 6.07) is 62.3. The molecule has 1 aliphatic rings. The van der Waals surface area contributed by atoms with Crippen molar-refractivity contribution < 1.29 is 25.8 Å². The van der Waals surface area contributed by atoms with E-state index in [9.17, 15) is 0 Å². The molecular weight excluding hydrogens is 951 g/mol. The molecule has 5 nitrogen and oxygen atoms in total. The van der Waals surface area contributed by atoms with Gasteiger partial charge in [0, 0.05) is 66.8 Å². The quantitative estimate of drug-likeness (QED) is 0.0978. The van der Waals surface area contributed by atoms with Crippen LogP contribution in [0.1, 0.15) is 46.1 Å². The van der Waals surface area contributed by atoms with Crippen molar-refractivity contribution in [2.24, 2.45) is 0 Å². The third-order valence-electron chi connectivity index (χ3n) is 12.2. The van der Waals surface area contributed by atoms with Crippen molar-refractivity contribution in [2.75, 3.05) is 10.2 Å². The van der Waals surface area contributed by atoms with Crippen molar-refractivity contribution in [3.05, 3.63) is 189 Å². The average molecular weight is 999 g/mol. The molecule has 7 heteroatoms. The number of ether oxygens (including phenoxy) is 1. The molecule has 1 N–H and O–H groups in total. The first kappa shape index (κ1) is 42.0. The zero-order valence-corrected chi connectivity index (χ0v) is 38.3. The number of rotatable bonds is 12. The number of para-hydroxylation sites is 3. The van der Waals surface area contributed by atoms with Gasteiger partial charge >= 0.3 is 0 Å². The molecule has 0 spiro atoms. The van der Waals surface area contributed by atoms with Crippen LogP contribution in [0.3, 0.4) is 0 Å². The molecule has 0 saturated carbocycles. The van der Waals surface area contributed by atoms with Gasteiger partial charge in [-0.05, 0) is 52.4 Å². The van der Waals surface area contributed by atoms with Gasteiger partial charge in [0.15, 0.2) is 6.71 Å². The van der Waals surface area contributed by atoms with E-state index in [0.717, 1.165) is 81.0 Å². The maximum atomic E-state index is 6.78. The van der Waals surface area contributed by atoms with E-state index < -0.39 is 0 Å². The van der Waals surface area contributed by atoms with E-state index in [-0.39, 0.29) is 26.5 Å². The van der Waals surface area contributed by atoms with Crippen molar-refractivity contribution >= 4 is 62.2 Å². The summed E-state index contributed by atoms with van der Waals surface area (Å²) in [6.07, 6.45) is 5.30. The maximum Gasteiger partial charge on any atom is 0.184 e. The predicted molar refractivity (Wildman–Crippen MR) is 261 cm³/mol. The largest absolute Gasteiger partial charge is 0.509 e. The number of aromatic nitrogens is 2. The Morgan fingerprint density at radius 3 is 2.11 bits per heavy atom. The Hall–Kier alpha value is -6.36. The second-order valence-electron chi connectivity index (χ2n) is 17.3. The van der Waals surface area contributed by atoms with Gasteiger partial charge in [-0.25, -0.2) is 4.98 Å². The van der Waals surface area contributed by atoms with Crippen molar-refractivity contribution in [3.8, 4) is 39.6 Å². The van der Waals surface area contributed by atoms with E-state index in [0.29, 0.717) is 18.2 Å². The number of hydrogen-bond acceptors (Lipinski definition) is 4. The molecule has 9 aromatic rings. The Kier molecular flexibility index (Phi) is 11.6. The topological polar surface area (TPSA) is 42.3 Å². The first-order chi connectivity index (χ1) is 30.3. The summed E-state index contributed by atoms with van der Waals surface area (Å²) in [6.45, 7) is 9.29. The van der Waals surface area contributed by atoms with Crippen LogP contribution in [0.15, 0.2) is 164 Å². The van der Waals surface area contributed by atoms with Crippen molar-refractivity contribution in [1.29, 1.82) is 0 Å². The zero-order valence-electron chi connectivity index (χ0n) is 36.1. The monoisotopic (exact) mass is 998 g/mol. The molecule has 2 aromatic heterocycles. The van der Waals surface area contributed by atoms with Crippen LogP contribution in [0.5, 0.6) is 11.5 Å². The van der Waals surface area contributed by atoms with Crippen LogP contribution < -0.4 is 25.9 Å². The maximum absolute atomic E-state index is 6.78. The summed E-state index contributed by atoms with van der Waals surface area (Å²) in [7, 11) is 4.70. The molecule has 0 fully saturated rings. The fraction of sp³-hybridized carbons (Fsp3) is 0.143. The SMILES string of the molecule is [CH2-]N(c1ccccc1Nc1[c-]c(Oc2[c-]c3c4c(c2)B(CCCC)c2cccc(c24)n3-c2cc(C(C)(C)C)ccn2)ccc1)c1c(-c2ccccc2)cccc1-c1ccccc1.[Pt]. The Bertz CT molecular complexity index is 3030. The first-order valence-electron chi connectivity index (χ1n) is 21.7. The van der Waals surface area contributed by atoms with Gasteiger partial charge in [-0.1, -0.05) is 172 Å². The molecule has 1 aliphatic heterocycles. The second-order valence-corrected chi connectivity index (χ2v) is 17.3. The van der Waals surface area contributed by atoms with E-state index in [1.54, 1.807) is 0 Å². The number of hydrogen-bond donors (Lipinski definition) is 1. The van der Waals surface area contributed by atoms with E-state index in [2.05, 4.69) is 171 Å². The molecule has 3 heterocycles. The number of nitrogens with zero attached hydrogens (tertiary/aromatic N) is 3. The zero-order chi connectivity index (χ0) is 42.4. The minimum absolute atomic E-state index is 0.